The molecule has 0 aliphatic carbocycles. The van der Waals surface area contributed by atoms with Crippen LogP contribution in [0.4, 0.5) is 11.4 Å². The molecule has 0 aliphatic rings. The fourth-order valence-electron chi connectivity index (χ4n) is 2.14. The SMILES string of the molecule is Cc1cc2c(NC(C)c3nn[nH]n3)ccc(N)c2cn1. The van der Waals surface area contributed by atoms with Crippen LogP contribution in [-0.2, 0) is 0 Å². The fourth-order valence-corrected chi connectivity index (χ4v) is 2.14. The predicted octanol–water partition coefficient (Wildman–Crippen LogP) is 1.81. The van der Waals surface area contributed by atoms with Crippen LogP contribution >= 0.6 is 0 Å². The van der Waals surface area contributed by atoms with Gasteiger partial charge in [0, 0.05) is 34.0 Å². The Morgan fingerprint density at radius 1 is 1.30 bits per heavy atom. The Morgan fingerprint density at radius 2 is 2.15 bits per heavy atom. The van der Waals surface area contributed by atoms with Crippen LogP contribution in [-0.4, -0.2) is 25.6 Å². The van der Waals surface area contributed by atoms with E-state index in [0.717, 1.165) is 22.2 Å². The topological polar surface area (TPSA) is 105 Å². The van der Waals surface area contributed by atoms with E-state index in [2.05, 4.69) is 30.9 Å². The molecule has 102 valence electrons. The number of tetrazole rings is 1. The van der Waals surface area contributed by atoms with Gasteiger partial charge in [-0.25, -0.2) is 0 Å². The number of aromatic amines is 1. The molecule has 7 nitrogen and oxygen atoms in total. The summed E-state index contributed by atoms with van der Waals surface area (Å²) in [5.41, 5.74) is 8.62. The number of H-pyrrole nitrogens is 1. The van der Waals surface area contributed by atoms with Gasteiger partial charge in [-0.1, -0.05) is 5.21 Å². The Bertz CT molecular complexity index is 736. The molecule has 0 radical (unpaired) electrons. The lowest BCUT2D eigenvalue weighted by molar-refractivity contribution is 0.795. The van der Waals surface area contributed by atoms with Gasteiger partial charge in [0.25, 0.3) is 0 Å². The van der Waals surface area contributed by atoms with Crippen LogP contribution in [0.5, 0.6) is 0 Å². The average Bonchev–Trinajstić information content (AvgIpc) is 2.96. The fraction of sp³-hybridized carbons (Fsp3) is 0.231. The summed E-state index contributed by atoms with van der Waals surface area (Å²) in [5, 5.41) is 19.3. The van der Waals surface area contributed by atoms with Crippen molar-refractivity contribution in [2.45, 2.75) is 19.9 Å². The maximum absolute atomic E-state index is 5.99. The number of benzene rings is 1. The quantitative estimate of drug-likeness (QED) is 0.626. The van der Waals surface area contributed by atoms with Gasteiger partial charge < -0.3 is 11.1 Å². The van der Waals surface area contributed by atoms with Crippen molar-refractivity contribution in [3.8, 4) is 0 Å². The van der Waals surface area contributed by atoms with E-state index in [0.29, 0.717) is 11.5 Å². The lowest BCUT2D eigenvalue weighted by Gasteiger charge is -2.15. The first-order valence-electron chi connectivity index (χ1n) is 6.30. The zero-order valence-electron chi connectivity index (χ0n) is 11.3. The molecule has 1 aromatic carbocycles. The molecule has 2 aromatic heterocycles. The number of nitrogens with one attached hydrogen (secondary N) is 2. The van der Waals surface area contributed by atoms with Gasteiger partial charge in [0.2, 0.25) is 0 Å². The molecule has 0 saturated carbocycles. The summed E-state index contributed by atoms with van der Waals surface area (Å²) in [7, 11) is 0. The Balaban J connectivity index is 2.03. The van der Waals surface area contributed by atoms with E-state index in [-0.39, 0.29) is 6.04 Å². The molecule has 0 bridgehead atoms. The molecule has 0 spiro atoms. The van der Waals surface area contributed by atoms with Crippen LogP contribution in [0.25, 0.3) is 10.8 Å². The van der Waals surface area contributed by atoms with Gasteiger partial charge in [-0.3, -0.25) is 4.98 Å². The van der Waals surface area contributed by atoms with Crippen LogP contribution in [0.2, 0.25) is 0 Å². The van der Waals surface area contributed by atoms with E-state index in [9.17, 15) is 0 Å². The number of nitrogens with two attached hydrogens (primary N) is 1. The molecule has 3 aromatic rings. The highest BCUT2D eigenvalue weighted by Gasteiger charge is 2.12. The molecule has 1 unspecified atom stereocenters. The van der Waals surface area contributed by atoms with Gasteiger partial charge in [-0.05, 0) is 32.0 Å². The molecule has 1 atom stereocenters. The monoisotopic (exact) mass is 269 g/mol. The van der Waals surface area contributed by atoms with Crippen molar-refractivity contribution in [2.75, 3.05) is 11.1 Å². The normalized spacial score (nSPS) is 12.5. The van der Waals surface area contributed by atoms with E-state index >= 15 is 0 Å². The minimum absolute atomic E-state index is 0.0611. The number of aromatic nitrogens is 5. The van der Waals surface area contributed by atoms with E-state index in [4.69, 9.17) is 5.73 Å². The number of hydrogen-bond acceptors (Lipinski definition) is 6. The summed E-state index contributed by atoms with van der Waals surface area (Å²) in [6.07, 6.45) is 1.80. The van der Waals surface area contributed by atoms with Crippen LogP contribution in [0.15, 0.2) is 24.4 Å². The van der Waals surface area contributed by atoms with Gasteiger partial charge in [0.15, 0.2) is 5.82 Å². The Hall–Kier alpha value is -2.70. The number of nitrogens with zero attached hydrogens (tertiary/aromatic N) is 4. The van der Waals surface area contributed by atoms with Crippen molar-refractivity contribution in [1.82, 2.24) is 25.6 Å². The molecule has 20 heavy (non-hydrogen) atoms. The van der Waals surface area contributed by atoms with Gasteiger partial charge in [-0.2, -0.15) is 5.21 Å². The molecule has 4 N–H and O–H groups in total. The lowest BCUT2D eigenvalue weighted by atomic mass is 10.1. The van der Waals surface area contributed by atoms with Crippen molar-refractivity contribution in [3.63, 3.8) is 0 Å². The highest BCUT2D eigenvalue weighted by molar-refractivity contribution is 6.00. The van der Waals surface area contributed by atoms with E-state index < -0.39 is 0 Å². The summed E-state index contributed by atoms with van der Waals surface area (Å²) < 4.78 is 0. The summed E-state index contributed by atoms with van der Waals surface area (Å²) in [6, 6.07) is 5.77. The van der Waals surface area contributed by atoms with Crippen molar-refractivity contribution >= 4 is 22.1 Å². The summed E-state index contributed by atoms with van der Waals surface area (Å²) in [6.45, 7) is 3.93. The second-order valence-electron chi connectivity index (χ2n) is 4.71. The van der Waals surface area contributed by atoms with Crippen molar-refractivity contribution in [1.29, 1.82) is 0 Å². The van der Waals surface area contributed by atoms with Crippen LogP contribution in [0.3, 0.4) is 0 Å². The van der Waals surface area contributed by atoms with E-state index in [1.54, 1.807) is 6.20 Å². The van der Waals surface area contributed by atoms with Gasteiger partial charge in [0.1, 0.15) is 0 Å². The summed E-state index contributed by atoms with van der Waals surface area (Å²) in [4.78, 5) is 4.29. The first-order chi connectivity index (χ1) is 9.65. The largest absolute Gasteiger partial charge is 0.398 e. The third-order valence-electron chi connectivity index (χ3n) is 3.19. The predicted molar refractivity (Wildman–Crippen MR) is 77.1 cm³/mol. The average molecular weight is 269 g/mol. The Labute approximate surface area is 115 Å². The number of pyridine rings is 1. The van der Waals surface area contributed by atoms with Crippen LogP contribution in [0.1, 0.15) is 24.5 Å². The number of fused-ring (bicyclic) bond motifs is 1. The number of hydrogen-bond donors (Lipinski definition) is 3. The van der Waals surface area contributed by atoms with Gasteiger partial charge >= 0.3 is 0 Å². The second-order valence-corrected chi connectivity index (χ2v) is 4.71. The van der Waals surface area contributed by atoms with Crippen LogP contribution in [0, 0.1) is 6.92 Å². The van der Waals surface area contributed by atoms with Crippen LogP contribution < -0.4 is 11.1 Å². The lowest BCUT2D eigenvalue weighted by Crippen LogP contribution is -2.09. The smallest absolute Gasteiger partial charge is 0.196 e. The number of anilines is 2. The van der Waals surface area contributed by atoms with E-state index in [1.807, 2.05) is 32.0 Å². The third-order valence-corrected chi connectivity index (χ3v) is 3.19. The maximum Gasteiger partial charge on any atom is 0.196 e. The Morgan fingerprint density at radius 3 is 2.90 bits per heavy atom. The zero-order chi connectivity index (χ0) is 14.1. The minimum Gasteiger partial charge on any atom is -0.398 e. The first-order valence-corrected chi connectivity index (χ1v) is 6.30. The van der Waals surface area contributed by atoms with Crippen molar-refractivity contribution in [2.24, 2.45) is 0 Å². The molecular weight excluding hydrogens is 254 g/mol. The maximum atomic E-state index is 5.99. The number of nitrogen functional groups attached to an aromatic ring is 1. The second kappa shape index (κ2) is 4.76. The third kappa shape index (κ3) is 2.13. The van der Waals surface area contributed by atoms with Crippen molar-refractivity contribution < 1.29 is 0 Å². The highest BCUT2D eigenvalue weighted by atomic mass is 15.5. The molecule has 0 amide bonds. The molecule has 7 heteroatoms. The zero-order valence-corrected chi connectivity index (χ0v) is 11.3. The molecule has 3 rings (SSSR count). The van der Waals surface area contributed by atoms with Crippen molar-refractivity contribution in [3.05, 3.63) is 35.9 Å². The summed E-state index contributed by atoms with van der Waals surface area (Å²) >= 11 is 0. The molecule has 0 aliphatic heterocycles. The summed E-state index contributed by atoms with van der Waals surface area (Å²) in [5.74, 6) is 0.612. The first kappa shape index (κ1) is 12.3. The number of aryl methyl sites for hydroxylation is 1. The standard InChI is InChI=1S/C13H15N7/c1-7-5-9-10(6-15-7)11(14)3-4-12(9)16-8(2)13-17-19-20-18-13/h3-6,8,16H,14H2,1-2H3,(H,17,18,19,20). The molecule has 2 heterocycles. The molecule has 0 saturated heterocycles. The molecule has 0 fully saturated rings. The number of rotatable bonds is 3. The van der Waals surface area contributed by atoms with Gasteiger partial charge in [-0.15, -0.1) is 10.2 Å². The van der Waals surface area contributed by atoms with E-state index in [1.165, 1.54) is 0 Å². The Kier molecular flexibility index (Phi) is 2.94. The minimum atomic E-state index is -0.0611. The molecular formula is C13H15N7. The highest BCUT2D eigenvalue weighted by Crippen LogP contribution is 2.30. The van der Waals surface area contributed by atoms with Gasteiger partial charge in [0.05, 0.1) is 6.04 Å².